The van der Waals surface area contributed by atoms with E-state index in [0.29, 0.717) is 23.4 Å². The van der Waals surface area contributed by atoms with Gasteiger partial charge in [-0.2, -0.15) is 5.10 Å². The van der Waals surface area contributed by atoms with Crippen LogP contribution in [0, 0.1) is 5.92 Å². The first-order valence-corrected chi connectivity index (χ1v) is 9.96. The number of rotatable bonds is 4. The number of imidazole rings is 1. The number of hydrogen-bond donors (Lipinski definition) is 1. The number of carbonyl (C=O) groups excluding carboxylic acids is 1. The summed E-state index contributed by atoms with van der Waals surface area (Å²) in [6, 6.07) is 4.17. The monoisotopic (exact) mass is 402 g/mol. The smallest absolute Gasteiger partial charge is 0.268 e. The summed E-state index contributed by atoms with van der Waals surface area (Å²) in [5.74, 6) is -3.64. The maximum atomic E-state index is 14.3. The van der Waals surface area contributed by atoms with Crippen molar-refractivity contribution in [1.82, 2.24) is 19.9 Å². The van der Waals surface area contributed by atoms with Crippen molar-refractivity contribution in [2.75, 3.05) is 0 Å². The van der Waals surface area contributed by atoms with Gasteiger partial charge in [-0.1, -0.05) is 19.6 Å². The Kier molecular flexibility index (Phi) is 4.74. The summed E-state index contributed by atoms with van der Waals surface area (Å²) in [4.78, 5) is 18.2. The molecule has 0 saturated heterocycles. The van der Waals surface area contributed by atoms with Crippen molar-refractivity contribution in [3.8, 4) is 11.3 Å². The van der Waals surface area contributed by atoms with E-state index in [0.717, 1.165) is 16.1 Å². The molecule has 8 heteroatoms. The van der Waals surface area contributed by atoms with Crippen LogP contribution in [0.5, 0.6) is 0 Å². The quantitative estimate of drug-likeness (QED) is 0.691. The van der Waals surface area contributed by atoms with Crippen molar-refractivity contribution < 1.29 is 13.6 Å². The van der Waals surface area contributed by atoms with Gasteiger partial charge in [0, 0.05) is 23.1 Å². The number of halogens is 2. The number of carbonyl (C=O) groups is 1. The van der Waals surface area contributed by atoms with Gasteiger partial charge in [-0.25, -0.2) is 18.3 Å². The highest BCUT2D eigenvalue weighted by atomic mass is 32.1. The van der Waals surface area contributed by atoms with Crippen LogP contribution in [0.3, 0.4) is 0 Å². The number of amides is 1. The number of nitrogens with zero attached hydrogens (tertiary/aromatic N) is 3. The SMILES string of the molecule is C=Cc1sc(C(=O)NC2[C@H](C)CCCC2(F)F)cc1-c1cnc2cccnn12. The van der Waals surface area contributed by atoms with Crippen molar-refractivity contribution in [2.45, 2.75) is 38.2 Å². The van der Waals surface area contributed by atoms with Crippen LogP contribution in [0.1, 0.15) is 40.7 Å². The first-order chi connectivity index (χ1) is 13.4. The molecule has 0 spiro atoms. The Bertz CT molecular complexity index is 1040. The highest BCUT2D eigenvalue weighted by molar-refractivity contribution is 7.15. The van der Waals surface area contributed by atoms with Gasteiger partial charge >= 0.3 is 0 Å². The molecule has 1 unspecified atom stereocenters. The van der Waals surface area contributed by atoms with Crippen LogP contribution in [-0.2, 0) is 0 Å². The van der Waals surface area contributed by atoms with Crippen LogP contribution in [0.4, 0.5) is 8.78 Å². The van der Waals surface area contributed by atoms with E-state index in [4.69, 9.17) is 0 Å². The maximum absolute atomic E-state index is 14.3. The minimum Gasteiger partial charge on any atom is -0.342 e. The molecule has 1 saturated carbocycles. The van der Waals surface area contributed by atoms with Crippen LogP contribution in [-0.4, -0.2) is 32.5 Å². The fourth-order valence-corrected chi connectivity index (χ4v) is 4.66. The van der Waals surface area contributed by atoms with E-state index in [1.165, 1.54) is 11.3 Å². The summed E-state index contributed by atoms with van der Waals surface area (Å²) in [5, 5.41) is 6.87. The van der Waals surface area contributed by atoms with Crippen LogP contribution >= 0.6 is 11.3 Å². The van der Waals surface area contributed by atoms with Gasteiger partial charge in [0.05, 0.1) is 22.8 Å². The van der Waals surface area contributed by atoms with Gasteiger partial charge in [0.15, 0.2) is 5.65 Å². The van der Waals surface area contributed by atoms with Gasteiger partial charge in [0.25, 0.3) is 11.8 Å². The van der Waals surface area contributed by atoms with Crippen molar-refractivity contribution in [3.63, 3.8) is 0 Å². The fourth-order valence-electron chi connectivity index (χ4n) is 3.74. The van der Waals surface area contributed by atoms with E-state index >= 15 is 0 Å². The van der Waals surface area contributed by atoms with Gasteiger partial charge in [-0.3, -0.25) is 4.79 Å². The Hall–Kier alpha value is -2.61. The third-order valence-electron chi connectivity index (χ3n) is 5.20. The molecule has 3 aromatic rings. The highest BCUT2D eigenvalue weighted by Crippen LogP contribution is 2.38. The van der Waals surface area contributed by atoms with E-state index in [2.05, 4.69) is 22.0 Å². The van der Waals surface area contributed by atoms with Gasteiger partial charge in [-0.05, 0) is 37.0 Å². The molecule has 1 amide bonds. The Morgan fingerprint density at radius 3 is 3.07 bits per heavy atom. The zero-order valence-electron chi connectivity index (χ0n) is 15.4. The summed E-state index contributed by atoms with van der Waals surface area (Å²) in [5.41, 5.74) is 2.15. The van der Waals surface area contributed by atoms with E-state index in [1.54, 1.807) is 42.0 Å². The van der Waals surface area contributed by atoms with Gasteiger partial charge in [0.1, 0.15) is 0 Å². The third-order valence-corrected chi connectivity index (χ3v) is 6.33. The molecule has 0 bridgehead atoms. The Morgan fingerprint density at radius 1 is 1.50 bits per heavy atom. The number of nitrogens with one attached hydrogen (secondary N) is 1. The molecule has 4 rings (SSSR count). The minimum atomic E-state index is -2.89. The molecule has 0 aliphatic heterocycles. The summed E-state index contributed by atoms with van der Waals surface area (Å²) < 4.78 is 30.3. The molecule has 1 aliphatic carbocycles. The fraction of sp³-hybridized carbons (Fsp3) is 0.350. The molecule has 2 atom stereocenters. The number of alkyl halides is 2. The summed E-state index contributed by atoms with van der Waals surface area (Å²) in [6.07, 6.45) is 5.95. The molecule has 28 heavy (non-hydrogen) atoms. The van der Waals surface area contributed by atoms with Crippen molar-refractivity contribution in [1.29, 1.82) is 0 Å². The summed E-state index contributed by atoms with van der Waals surface area (Å²) >= 11 is 1.22. The molecule has 1 fully saturated rings. The zero-order valence-corrected chi connectivity index (χ0v) is 16.2. The summed E-state index contributed by atoms with van der Waals surface area (Å²) in [6.45, 7) is 5.57. The lowest BCUT2D eigenvalue weighted by Crippen LogP contribution is -2.53. The van der Waals surface area contributed by atoms with Gasteiger partial charge in [-0.15, -0.1) is 11.3 Å². The molecule has 146 valence electrons. The van der Waals surface area contributed by atoms with Gasteiger partial charge < -0.3 is 5.32 Å². The molecule has 3 heterocycles. The van der Waals surface area contributed by atoms with Crippen molar-refractivity contribution >= 4 is 29.0 Å². The zero-order chi connectivity index (χ0) is 19.9. The molecule has 5 nitrogen and oxygen atoms in total. The largest absolute Gasteiger partial charge is 0.342 e. The molecular formula is C20H20F2N4OS. The number of fused-ring (bicyclic) bond motifs is 1. The predicted molar refractivity (Wildman–Crippen MR) is 106 cm³/mol. The van der Waals surface area contributed by atoms with E-state index < -0.39 is 17.9 Å². The minimum absolute atomic E-state index is 0.191. The van der Waals surface area contributed by atoms with Crippen molar-refractivity contribution in [2.24, 2.45) is 5.92 Å². The highest BCUT2D eigenvalue weighted by Gasteiger charge is 2.46. The Morgan fingerprint density at radius 2 is 2.32 bits per heavy atom. The number of thiophene rings is 1. The van der Waals surface area contributed by atoms with Crippen LogP contribution in [0.25, 0.3) is 23.0 Å². The topological polar surface area (TPSA) is 59.3 Å². The second kappa shape index (κ2) is 7.09. The number of aromatic nitrogens is 3. The van der Waals surface area contributed by atoms with E-state index in [1.807, 2.05) is 6.07 Å². The molecule has 3 aromatic heterocycles. The summed E-state index contributed by atoms with van der Waals surface area (Å²) in [7, 11) is 0. The third kappa shape index (κ3) is 3.22. The lowest BCUT2D eigenvalue weighted by atomic mass is 9.83. The second-order valence-electron chi connectivity index (χ2n) is 7.11. The van der Waals surface area contributed by atoms with Gasteiger partial charge in [0.2, 0.25) is 0 Å². The lowest BCUT2D eigenvalue weighted by Gasteiger charge is -2.36. The van der Waals surface area contributed by atoms with E-state index in [-0.39, 0.29) is 12.3 Å². The second-order valence-corrected chi connectivity index (χ2v) is 8.20. The molecule has 0 radical (unpaired) electrons. The van der Waals surface area contributed by atoms with Crippen LogP contribution < -0.4 is 5.32 Å². The predicted octanol–water partition coefficient (Wildman–Crippen LogP) is 4.65. The number of hydrogen-bond acceptors (Lipinski definition) is 4. The normalized spacial score (nSPS) is 21.5. The Labute approximate surface area is 165 Å². The molecule has 1 aliphatic rings. The van der Waals surface area contributed by atoms with E-state index in [9.17, 15) is 13.6 Å². The average Bonchev–Trinajstić information content (AvgIpc) is 3.28. The van der Waals surface area contributed by atoms with Crippen LogP contribution in [0.15, 0.2) is 37.2 Å². The molecule has 1 N–H and O–H groups in total. The first-order valence-electron chi connectivity index (χ1n) is 9.15. The van der Waals surface area contributed by atoms with Crippen molar-refractivity contribution in [3.05, 3.63) is 46.9 Å². The maximum Gasteiger partial charge on any atom is 0.268 e. The Balaban J connectivity index is 1.66. The standard InChI is InChI=1S/C20H20F2N4OS/c1-3-15-13(14-11-23-17-7-5-9-24-26(14)17)10-16(28-15)19(27)25-18-12(2)6-4-8-20(18,21)22/h3,5,7,9-12,18H,1,4,6,8H2,2H3,(H,25,27)/t12-,18?/m1/s1. The average molecular weight is 402 g/mol. The first kappa shape index (κ1) is 18.7. The lowest BCUT2D eigenvalue weighted by molar-refractivity contribution is -0.0784. The molecule has 0 aromatic carbocycles. The molecular weight excluding hydrogens is 382 g/mol. The van der Waals surface area contributed by atoms with Crippen LogP contribution in [0.2, 0.25) is 0 Å².